The maximum absolute atomic E-state index is 12.6. The lowest BCUT2D eigenvalue weighted by atomic mass is 9.90. The third kappa shape index (κ3) is 4.91. The number of rotatable bonds is 5. The molecule has 2 aromatic heterocycles. The van der Waals surface area contributed by atoms with Crippen LogP contribution < -0.4 is 4.74 Å². The van der Waals surface area contributed by atoms with E-state index in [0.717, 1.165) is 53.8 Å². The van der Waals surface area contributed by atoms with Crippen LogP contribution in [-0.4, -0.2) is 37.9 Å². The van der Waals surface area contributed by atoms with Gasteiger partial charge in [0.15, 0.2) is 11.8 Å². The third-order valence-corrected chi connectivity index (χ3v) is 7.61. The van der Waals surface area contributed by atoms with E-state index >= 15 is 0 Å². The van der Waals surface area contributed by atoms with Crippen molar-refractivity contribution in [1.29, 1.82) is 0 Å². The lowest BCUT2D eigenvalue weighted by molar-refractivity contribution is -0.160. The summed E-state index contributed by atoms with van der Waals surface area (Å²) >= 11 is 0. The first kappa shape index (κ1) is 25.6. The van der Waals surface area contributed by atoms with Gasteiger partial charge in [-0.1, -0.05) is 12.1 Å². The van der Waals surface area contributed by atoms with E-state index in [1.165, 1.54) is 24.0 Å². The summed E-state index contributed by atoms with van der Waals surface area (Å²) in [7, 11) is 0. The van der Waals surface area contributed by atoms with Gasteiger partial charge >= 0.3 is 5.97 Å². The van der Waals surface area contributed by atoms with Gasteiger partial charge in [0.05, 0.1) is 23.6 Å². The minimum Gasteiger partial charge on any atom is -0.493 e. The number of carboxylic acids is 1. The summed E-state index contributed by atoms with van der Waals surface area (Å²) in [6.07, 6.45) is 5.31. The van der Waals surface area contributed by atoms with Crippen LogP contribution in [0.1, 0.15) is 74.1 Å². The fourth-order valence-electron chi connectivity index (χ4n) is 5.85. The van der Waals surface area contributed by atoms with E-state index in [2.05, 4.69) is 24.3 Å². The molecule has 4 aromatic rings. The van der Waals surface area contributed by atoms with Gasteiger partial charge in [-0.05, 0) is 107 Å². The van der Waals surface area contributed by atoms with Crippen LogP contribution in [0, 0.1) is 6.92 Å². The van der Waals surface area contributed by atoms with Gasteiger partial charge in [0.25, 0.3) is 0 Å². The summed E-state index contributed by atoms with van der Waals surface area (Å²) in [5.74, 6) is -0.178. The number of aromatic nitrogens is 3. The molecule has 6 rings (SSSR count). The Bertz CT molecular complexity index is 1580. The Kier molecular flexibility index (Phi) is 6.42. The lowest BCUT2D eigenvalue weighted by Gasteiger charge is -2.28. The molecule has 39 heavy (non-hydrogen) atoms. The summed E-state index contributed by atoms with van der Waals surface area (Å²) in [6.45, 7) is 8.15. The van der Waals surface area contributed by atoms with Crippen LogP contribution in [0.4, 0.5) is 0 Å². The molecular weight excluding hydrogens is 490 g/mol. The molecule has 0 bridgehead atoms. The molecule has 1 atom stereocenters. The topological polar surface area (TPSA) is 86.0 Å². The highest BCUT2D eigenvalue weighted by Crippen LogP contribution is 2.38. The smallest absolute Gasteiger partial charge is 0.337 e. The van der Waals surface area contributed by atoms with Crippen molar-refractivity contribution in [3.63, 3.8) is 0 Å². The van der Waals surface area contributed by atoms with E-state index < -0.39 is 17.7 Å². The monoisotopic (exact) mass is 525 g/mol. The zero-order chi connectivity index (χ0) is 27.3. The Balaban J connectivity index is 1.58. The van der Waals surface area contributed by atoms with Crippen molar-refractivity contribution in [1.82, 2.24) is 14.6 Å². The van der Waals surface area contributed by atoms with Crippen LogP contribution >= 0.6 is 0 Å². The first-order valence-electron chi connectivity index (χ1n) is 13.9. The number of hydrogen-bond acceptors (Lipinski definition) is 5. The molecule has 0 saturated carbocycles. The van der Waals surface area contributed by atoms with E-state index in [0.29, 0.717) is 29.2 Å². The highest BCUT2D eigenvalue weighted by molar-refractivity contribution is 5.81. The highest BCUT2D eigenvalue weighted by atomic mass is 16.5. The predicted molar refractivity (Wildman–Crippen MR) is 150 cm³/mol. The second-order valence-electron chi connectivity index (χ2n) is 11.7. The molecular formula is C32H35N3O4. The van der Waals surface area contributed by atoms with Gasteiger partial charge in [0.2, 0.25) is 0 Å². The van der Waals surface area contributed by atoms with Gasteiger partial charge in [-0.15, -0.1) is 0 Å². The largest absolute Gasteiger partial charge is 0.493 e. The number of ether oxygens (including phenoxy) is 2. The number of carbonyl (C=O) groups is 1. The summed E-state index contributed by atoms with van der Waals surface area (Å²) in [5, 5.41) is 15.4. The van der Waals surface area contributed by atoms with Crippen molar-refractivity contribution in [3.05, 3.63) is 70.4 Å². The molecule has 3 heterocycles. The fraction of sp³-hybridized carbons (Fsp3) is 0.406. The first-order chi connectivity index (χ1) is 18.7. The molecule has 202 valence electrons. The number of nitrogens with zero attached hydrogens (tertiary/aromatic N) is 3. The minimum absolute atomic E-state index is 0.515. The Hall–Kier alpha value is -3.71. The Labute approximate surface area is 228 Å². The molecule has 0 spiro atoms. The zero-order valence-corrected chi connectivity index (χ0v) is 23.1. The molecule has 0 radical (unpaired) electrons. The Morgan fingerprint density at radius 2 is 1.69 bits per heavy atom. The van der Waals surface area contributed by atoms with E-state index in [-0.39, 0.29) is 0 Å². The van der Waals surface area contributed by atoms with Gasteiger partial charge in [0, 0.05) is 28.5 Å². The van der Waals surface area contributed by atoms with Gasteiger partial charge < -0.3 is 14.6 Å². The predicted octanol–water partition coefficient (Wildman–Crippen LogP) is 6.52. The number of carboxylic acid groups (broad SMARTS) is 1. The second-order valence-corrected chi connectivity index (χ2v) is 11.7. The molecule has 0 amide bonds. The maximum atomic E-state index is 12.6. The van der Waals surface area contributed by atoms with Crippen LogP contribution in [0.2, 0.25) is 0 Å². The van der Waals surface area contributed by atoms with Crippen LogP contribution in [-0.2, 0) is 28.8 Å². The molecule has 1 N–H and O–H groups in total. The van der Waals surface area contributed by atoms with Crippen molar-refractivity contribution in [3.8, 4) is 28.3 Å². The van der Waals surface area contributed by atoms with E-state index in [4.69, 9.17) is 19.6 Å². The molecule has 0 fully saturated rings. The quantitative estimate of drug-likeness (QED) is 0.319. The van der Waals surface area contributed by atoms with Crippen molar-refractivity contribution in [2.75, 3.05) is 6.61 Å². The van der Waals surface area contributed by atoms with Crippen LogP contribution in [0.25, 0.3) is 28.2 Å². The highest BCUT2D eigenvalue weighted by Gasteiger charge is 2.33. The Morgan fingerprint density at radius 1 is 0.974 bits per heavy atom. The summed E-state index contributed by atoms with van der Waals surface area (Å²) in [4.78, 5) is 17.5. The molecule has 0 unspecified atom stereocenters. The molecule has 7 heteroatoms. The van der Waals surface area contributed by atoms with Crippen molar-refractivity contribution in [2.45, 2.75) is 77.9 Å². The summed E-state index contributed by atoms with van der Waals surface area (Å²) in [6, 6.07) is 14.7. The van der Waals surface area contributed by atoms with Crippen LogP contribution in [0.15, 0.2) is 42.5 Å². The van der Waals surface area contributed by atoms with E-state index in [1.54, 1.807) is 4.52 Å². The average Bonchev–Trinajstić information content (AvgIpc) is 3.33. The van der Waals surface area contributed by atoms with Crippen molar-refractivity contribution >= 4 is 11.6 Å². The summed E-state index contributed by atoms with van der Waals surface area (Å²) < 4.78 is 13.8. The lowest BCUT2D eigenvalue weighted by Crippen LogP contribution is -2.29. The zero-order valence-electron chi connectivity index (χ0n) is 23.1. The molecule has 2 aliphatic rings. The van der Waals surface area contributed by atoms with Crippen LogP contribution in [0.3, 0.4) is 0 Å². The molecule has 1 aliphatic heterocycles. The molecule has 0 saturated heterocycles. The van der Waals surface area contributed by atoms with Crippen molar-refractivity contribution in [2.24, 2.45) is 0 Å². The standard InChI is InChI=1S/C32H35N3O4/c1-19-28(30(31(36)37)39-32(2,3)4)29(24-13-14-26-23(17-24)10-7-15-38-26)35-27(33-19)18-25(34-35)22-12-11-20-8-5-6-9-21(20)16-22/h11-14,16-18,30H,5-10,15H2,1-4H3,(H,36,37)/t30-/m0/s1. The average molecular weight is 526 g/mol. The van der Waals surface area contributed by atoms with Gasteiger partial charge in [0.1, 0.15) is 5.75 Å². The summed E-state index contributed by atoms with van der Waals surface area (Å²) in [5.41, 5.74) is 8.46. The van der Waals surface area contributed by atoms with E-state index in [1.807, 2.05) is 45.9 Å². The number of hydrogen-bond donors (Lipinski definition) is 1. The van der Waals surface area contributed by atoms with Gasteiger partial charge in [-0.25, -0.2) is 14.3 Å². The number of benzene rings is 2. The number of aliphatic carboxylic acids is 1. The van der Waals surface area contributed by atoms with Gasteiger partial charge in [-0.2, -0.15) is 5.10 Å². The minimum atomic E-state index is -1.21. The first-order valence-corrected chi connectivity index (χ1v) is 13.9. The van der Waals surface area contributed by atoms with Crippen LogP contribution in [0.5, 0.6) is 5.75 Å². The molecule has 1 aliphatic carbocycles. The fourth-order valence-corrected chi connectivity index (χ4v) is 5.85. The van der Waals surface area contributed by atoms with Gasteiger partial charge in [-0.3, -0.25) is 0 Å². The maximum Gasteiger partial charge on any atom is 0.337 e. The van der Waals surface area contributed by atoms with E-state index in [9.17, 15) is 9.90 Å². The SMILES string of the molecule is Cc1nc2cc(-c3ccc4c(c3)CCCC4)nn2c(-c2ccc3c(c2)CCCO3)c1[C@H](OC(C)(C)C)C(=O)O. The normalized spacial score (nSPS) is 15.9. The number of aryl methyl sites for hydroxylation is 4. The number of fused-ring (bicyclic) bond motifs is 3. The molecule has 7 nitrogen and oxygen atoms in total. The van der Waals surface area contributed by atoms with Crippen molar-refractivity contribution < 1.29 is 19.4 Å². The Morgan fingerprint density at radius 3 is 2.46 bits per heavy atom. The molecule has 2 aromatic carbocycles. The third-order valence-electron chi connectivity index (χ3n) is 7.61. The second kappa shape index (κ2) is 9.79.